The minimum Gasteiger partial charge on any atom is -1.00 e. The third-order valence-electron chi connectivity index (χ3n) is 8.47. The van der Waals surface area contributed by atoms with E-state index in [1.807, 2.05) is 0 Å². The van der Waals surface area contributed by atoms with E-state index in [-0.39, 0.29) is 30.7 Å². The number of rotatable bonds is 4. The van der Waals surface area contributed by atoms with Crippen molar-refractivity contribution in [2.24, 2.45) is 5.92 Å². The standard InChI is InChI=1S/C13H25NO.C13H9.C7H8Si.2ClH.Ti/c14-13(15)12-10-8-6-4-2-1-3-5-7-9-11-12;1-3-7-12-10(5-1)9-11-6-2-4-8-13(11)12;1-8-7-5-3-2-4-6-7;;;/h12H,1-11H2,(H2,14,15);1-9H;2-6H,1H3;2*1H;/q;;;;;+3/p-3. The third-order valence-corrected chi connectivity index (χ3v) is 20.0. The van der Waals surface area contributed by atoms with E-state index in [1.54, 1.807) is 0 Å². The summed E-state index contributed by atoms with van der Waals surface area (Å²) in [6.45, 7) is 2.47. The fourth-order valence-corrected chi connectivity index (χ4v) is 17.6. The van der Waals surface area contributed by atoms with Crippen LogP contribution in [-0.2, 0) is 21.7 Å². The number of benzene rings is 3. The van der Waals surface area contributed by atoms with E-state index in [4.69, 9.17) is 0 Å². The van der Waals surface area contributed by atoms with Gasteiger partial charge in [0.05, 0.1) is 0 Å². The fourth-order valence-electron chi connectivity index (χ4n) is 6.35. The summed E-state index contributed by atoms with van der Waals surface area (Å²) in [5, 5.41) is 1.46. The Morgan fingerprint density at radius 3 is 1.62 bits per heavy atom. The van der Waals surface area contributed by atoms with Crippen molar-refractivity contribution in [3.63, 3.8) is 0 Å². The van der Waals surface area contributed by atoms with Crippen LogP contribution in [0.5, 0.6) is 0 Å². The van der Waals surface area contributed by atoms with Crippen LogP contribution in [0.2, 0.25) is 6.55 Å². The van der Waals surface area contributed by atoms with Crippen molar-refractivity contribution < 1.29 is 46.5 Å². The van der Waals surface area contributed by atoms with Crippen LogP contribution in [-0.4, -0.2) is 12.1 Å². The van der Waals surface area contributed by atoms with Gasteiger partial charge in [-0.05, 0) is 0 Å². The van der Waals surface area contributed by atoms with Crippen LogP contribution in [0.1, 0.15) is 86.0 Å². The van der Waals surface area contributed by atoms with E-state index in [9.17, 15) is 4.79 Å². The van der Waals surface area contributed by atoms with Gasteiger partial charge in [0.2, 0.25) is 0 Å². The first-order valence-electron chi connectivity index (χ1n) is 14.5. The molecule has 0 radical (unpaired) electrons. The maximum absolute atomic E-state index is 14.1. The van der Waals surface area contributed by atoms with E-state index in [0.29, 0.717) is 10.1 Å². The molecule has 1 saturated carbocycles. The average molecular weight is 615 g/mol. The summed E-state index contributed by atoms with van der Waals surface area (Å²) in [6.07, 6.45) is 13.0. The zero-order valence-electron chi connectivity index (χ0n) is 23.1. The van der Waals surface area contributed by atoms with Crippen LogP contribution in [0.3, 0.4) is 0 Å². The summed E-state index contributed by atoms with van der Waals surface area (Å²) >= 11 is -2.14. The summed E-state index contributed by atoms with van der Waals surface area (Å²) < 4.78 is 4.26. The van der Waals surface area contributed by atoms with E-state index in [0.717, 1.165) is 12.8 Å². The van der Waals surface area contributed by atoms with Gasteiger partial charge in [0, 0.05) is 0 Å². The Bertz CT molecular complexity index is 1190. The number of hydrogen-bond acceptors (Lipinski definition) is 1. The topological polar surface area (TPSA) is 29.1 Å². The first-order valence-corrected chi connectivity index (χ1v) is 20.5. The molecule has 2 aliphatic carbocycles. The predicted octanol–water partition coefficient (Wildman–Crippen LogP) is 1.86. The third kappa shape index (κ3) is 7.89. The van der Waals surface area contributed by atoms with Gasteiger partial charge in [-0.2, -0.15) is 0 Å². The Hall–Kier alpha value is -1.36. The minimum atomic E-state index is -2.14. The zero-order chi connectivity index (χ0) is 25.5. The first kappa shape index (κ1) is 32.2. The minimum absolute atomic E-state index is 0. The van der Waals surface area contributed by atoms with Crippen LogP contribution in [0.25, 0.3) is 11.1 Å². The molecule has 5 rings (SSSR count). The summed E-state index contributed by atoms with van der Waals surface area (Å²) in [5.74, 6) is 0.550. The fraction of sp³-hybridized carbons (Fsp3) is 0.424. The number of amides is 1. The van der Waals surface area contributed by atoms with Gasteiger partial charge in [0.1, 0.15) is 0 Å². The van der Waals surface area contributed by atoms with Crippen LogP contribution in [0.4, 0.5) is 0 Å². The van der Waals surface area contributed by atoms with Gasteiger partial charge >= 0.3 is 231 Å². The molecule has 39 heavy (non-hydrogen) atoms. The Morgan fingerprint density at radius 1 is 0.667 bits per heavy atom. The normalized spacial score (nSPS) is 16.7. The number of nitrogens with one attached hydrogen (secondary N) is 1. The summed E-state index contributed by atoms with van der Waals surface area (Å²) in [6, 6.07) is 29.0. The van der Waals surface area contributed by atoms with Gasteiger partial charge in [-0.15, -0.1) is 0 Å². The van der Waals surface area contributed by atoms with Gasteiger partial charge < -0.3 is 24.8 Å². The van der Waals surface area contributed by atoms with Gasteiger partial charge in [0.15, 0.2) is 0 Å². The second-order valence-corrected chi connectivity index (χ2v) is 21.1. The van der Waals surface area contributed by atoms with E-state index < -0.39 is 23.0 Å². The summed E-state index contributed by atoms with van der Waals surface area (Å²) in [4.78, 5) is 14.1. The number of carbonyl (C=O) groups excluding carboxylic acids is 1. The van der Waals surface area contributed by atoms with Crippen molar-refractivity contribution in [1.82, 2.24) is 3.80 Å². The van der Waals surface area contributed by atoms with Crippen molar-refractivity contribution in [1.29, 1.82) is 0 Å². The molecule has 0 heterocycles. The van der Waals surface area contributed by atoms with Crippen molar-refractivity contribution in [3.05, 3.63) is 90.0 Å². The molecule has 1 N–H and O–H groups in total. The first-order chi connectivity index (χ1) is 18.2. The van der Waals surface area contributed by atoms with Crippen molar-refractivity contribution in [2.75, 3.05) is 0 Å². The molecule has 206 valence electrons. The molecule has 2 nitrogen and oxygen atoms in total. The van der Waals surface area contributed by atoms with Crippen LogP contribution < -0.4 is 33.8 Å². The Morgan fingerprint density at radius 2 is 1.10 bits per heavy atom. The molecule has 1 amide bonds. The predicted molar refractivity (Wildman–Crippen MR) is 154 cm³/mol. The molecule has 6 heteroatoms. The molecule has 0 unspecified atom stereocenters. The molecule has 0 aliphatic heterocycles. The molecule has 1 fully saturated rings. The Balaban J connectivity index is 0.00000210. The molecular weight excluding hydrogens is 573 g/mol. The van der Waals surface area contributed by atoms with E-state index in [2.05, 4.69) is 89.2 Å². The molecule has 3 aromatic rings. The number of hydrogen-bond donors (Lipinski definition) is 1. The largest absolute Gasteiger partial charge is 1.00 e. The molecule has 0 spiro atoms. The Kier molecular flexibility index (Phi) is 13.3. The monoisotopic (exact) mass is 613 g/mol. The molecule has 2 aliphatic rings. The van der Waals surface area contributed by atoms with Crippen LogP contribution >= 0.6 is 0 Å². The molecule has 0 saturated heterocycles. The zero-order valence-corrected chi connectivity index (χ0v) is 27.2. The van der Waals surface area contributed by atoms with Crippen LogP contribution in [0, 0.1) is 5.92 Å². The SMILES string of the molecule is C/[Si](c1ccccc1)=[Ti+2](/[NH]C(=O)C1CCCCCCCCCCC1)[CH]1c2ccccc2-c2ccccc21.[Cl-].[Cl-]. The maximum atomic E-state index is 14.1. The average Bonchev–Trinajstić information content (AvgIpc) is 3.26. The number of fused-ring (bicyclic) bond motifs is 3. The Labute approximate surface area is 254 Å². The molecule has 0 atom stereocenters. The molecule has 3 aromatic carbocycles. The summed E-state index contributed by atoms with van der Waals surface area (Å²) in [7, 11) is 0. The second kappa shape index (κ2) is 16.2. The van der Waals surface area contributed by atoms with E-state index >= 15 is 0 Å². The smallest absolute Gasteiger partial charge is 1.00 e. The van der Waals surface area contributed by atoms with Gasteiger partial charge in [-0.1, -0.05) is 0 Å². The number of carbonyl (C=O) groups is 1. The van der Waals surface area contributed by atoms with E-state index in [1.165, 1.54) is 85.2 Å². The van der Waals surface area contributed by atoms with Gasteiger partial charge in [-0.3, -0.25) is 0 Å². The quantitative estimate of drug-likeness (QED) is 0.447. The van der Waals surface area contributed by atoms with Gasteiger partial charge in [-0.25, -0.2) is 0 Å². The molecule has 0 bridgehead atoms. The maximum Gasteiger partial charge on any atom is -1.00 e. The van der Waals surface area contributed by atoms with Crippen molar-refractivity contribution in [2.45, 2.75) is 81.4 Å². The van der Waals surface area contributed by atoms with Crippen LogP contribution in [0.15, 0.2) is 78.9 Å². The number of halogens is 2. The van der Waals surface area contributed by atoms with Crippen molar-refractivity contribution in [3.8, 4) is 11.1 Å². The van der Waals surface area contributed by atoms with Crippen molar-refractivity contribution >= 4 is 17.3 Å². The second-order valence-electron chi connectivity index (χ2n) is 11.0. The summed E-state index contributed by atoms with van der Waals surface area (Å²) in [5.41, 5.74) is 5.63. The molecular formula is C33H41Cl2NOSiTi. The molecule has 0 aromatic heterocycles. The van der Waals surface area contributed by atoms with Gasteiger partial charge in [0.25, 0.3) is 0 Å².